The minimum absolute atomic E-state index is 0.187. The zero-order valence-corrected chi connectivity index (χ0v) is 18.8. The van der Waals surface area contributed by atoms with Gasteiger partial charge in [0.2, 0.25) is 5.91 Å². The topological polar surface area (TPSA) is 68.6 Å². The number of hydrogen-bond acceptors (Lipinski definition) is 5. The zero-order valence-electron chi connectivity index (χ0n) is 16.4. The maximum atomic E-state index is 14.2. The van der Waals surface area contributed by atoms with Crippen molar-refractivity contribution in [1.29, 1.82) is 0 Å². The Kier molecular flexibility index (Phi) is 8.33. The first-order valence-corrected chi connectivity index (χ1v) is 10.7. The fourth-order valence-electron chi connectivity index (χ4n) is 2.65. The Morgan fingerprint density at radius 1 is 1.28 bits per heavy atom. The van der Waals surface area contributed by atoms with Crippen LogP contribution in [-0.4, -0.2) is 41.0 Å². The molecule has 1 aromatic heterocycles. The van der Waals surface area contributed by atoms with Crippen molar-refractivity contribution in [2.75, 3.05) is 19.7 Å². The van der Waals surface area contributed by atoms with Gasteiger partial charge in [-0.25, -0.2) is 9.18 Å². The second kappa shape index (κ2) is 10.5. The number of aromatic nitrogens is 1. The molecule has 0 N–H and O–H groups in total. The fraction of sp³-hybridized carbons (Fsp3) is 0.350. The van der Waals surface area contributed by atoms with Crippen LogP contribution in [0, 0.1) is 5.82 Å². The van der Waals surface area contributed by atoms with E-state index >= 15 is 0 Å². The van der Waals surface area contributed by atoms with Crippen LogP contribution in [0.3, 0.4) is 0 Å². The lowest BCUT2D eigenvalue weighted by Gasteiger charge is -2.18. The normalized spacial score (nSPS) is 12.3. The molecule has 0 aliphatic carbocycles. The van der Waals surface area contributed by atoms with Crippen molar-refractivity contribution in [3.63, 3.8) is 0 Å². The van der Waals surface area contributed by atoms with Gasteiger partial charge in [-0.2, -0.15) is 0 Å². The Morgan fingerprint density at radius 3 is 2.55 bits per heavy atom. The van der Waals surface area contributed by atoms with Gasteiger partial charge in [-0.1, -0.05) is 22.0 Å². The molecule has 0 fully saturated rings. The van der Waals surface area contributed by atoms with E-state index in [0.29, 0.717) is 17.6 Å². The van der Waals surface area contributed by atoms with Gasteiger partial charge in [-0.05, 0) is 39.0 Å². The molecule has 2 aromatic rings. The van der Waals surface area contributed by atoms with Gasteiger partial charge >= 0.3 is 5.97 Å². The first-order chi connectivity index (χ1) is 13.8. The van der Waals surface area contributed by atoms with Gasteiger partial charge in [0.1, 0.15) is 17.0 Å². The van der Waals surface area contributed by atoms with Gasteiger partial charge < -0.3 is 9.64 Å². The van der Waals surface area contributed by atoms with Crippen molar-refractivity contribution in [2.45, 2.75) is 27.3 Å². The highest BCUT2D eigenvalue weighted by molar-refractivity contribution is 9.10. The molecule has 0 bridgehead atoms. The number of benzene rings is 1. The van der Waals surface area contributed by atoms with E-state index in [2.05, 4.69) is 15.9 Å². The van der Waals surface area contributed by atoms with Crippen LogP contribution in [0.15, 0.2) is 27.5 Å². The van der Waals surface area contributed by atoms with Crippen molar-refractivity contribution in [1.82, 2.24) is 9.47 Å². The van der Waals surface area contributed by atoms with Crippen LogP contribution in [0.25, 0.3) is 12.2 Å². The van der Waals surface area contributed by atoms with E-state index in [-0.39, 0.29) is 33.8 Å². The lowest BCUT2D eigenvalue weighted by atomic mass is 10.2. The van der Waals surface area contributed by atoms with Crippen LogP contribution in [0.4, 0.5) is 4.39 Å². The van der Waals surface area contributed by atoms with Crippen LogP contribution in [-0.2, 0) is 20.9 Å². The molecule has 1 heterocycles. The molecule has 29 heavy (non-hydrogen) atoms. The number of halogens is 2. The minimum Gasteiger partial charge on any atom is -0.463 e. The summed E-state index contributed by atoms with van der Waals surface area (Å²) in [6, 6.07) is 4.50. The summed E-state index contributed by atoms with van der Waals surface area (Å²) in [5.74, 6) is -1.34. The summed E-state index contributed by atoms with van der Waals surface area (Å²) in [6.07, 6.45) is 2.59. The predicted octanol–water partition coefficient (Wildman–Crippen LogP) is 1.85. The van der Waals surface area contributed by atoms with Crippen molar-refractivity contribution < 1.29 is 18.7 Å². The van der Waals surface area contributed by atoms with Gasteiger partial charge in [-0.15, -0.1) is 11.3 Å². The Labute approximate surface area is 180 Å². The molecule has 0 aliphatic rings. The Balaban J connectivity index is 2.62. The minimum atomic E-state index is -0.612. The maximum absolute atomic E-state index is 14.2. The molecule has 156 valence electrons. The number of ether oxygens (including phenoxy) is 1. The highest BCUT2D eigenvalue weighted by Crippen LogP contribution is 2.15. The van der Waals surface area contributed by atoms with E-state index in [9.17, 15) is 18.8 Å². The SMILES string of the molecule is CCOC(=O)C=c1sc(=Cc2ccc(Br)cc2F)c(=O)n1CC(=O)N(CC)CC. The summed E-state index contributed by atoms with van der Waals surface area (Å²) < 4.78 is 21.4. The average molecular weight is 485 g/mol. The lowest BCUT2D eigenvalue weighted by molar-refractivity contribution is -0.135. The molecule has 1 aromatic carbocycles. The zero-order chi connectivity index (χ0) is 21.6. The number of thiazole rings is 1. The van der Waals surface area contributed by atoms with E-state index in [1.165, 1.54) is 22.8 Å². The number of nitrogens with zero attached hydrogens (tertiary/aromatic N) is 2. The van der Waals surface area contributed by atoms with Crippen molar-refractivity contribution >= 4 is 51.3 Å². The molecule has 0 saturated heterocycles. The van der Waals surface area contributed by atoms with Crippen LogP contribution < -0.4 is 14.8 Å². The van der Waals surface area contributed by atoms with E-state index < -0.39 is 17.3 Å². The Morgan fingerprint density at radius 2 is 1.97 bits per heavy atom. The number of carbonyl (C=O) groups excluding carboxylic acids is 2. The van der Waals surface area contributed by atoms with Crippen LogP contribution in [0.5, 0.6) is 0 Å². The van der Waals surface area contributed by atoms with Crippen LogP contribution >= 0.6 is 27.3 Å². The van der Waals surface area contributed by atoms with E-state index in [1.54, 1.807) is 24.0 Å². The van der Waals surface area contributed by atoms with Gasteiger partial charge in [0, 0.05) is 23.1 Å². The molecular formula is C20H22BrFN2O4S. The quantitative estimate of drug-likeness (QED) is 0.562. The number of likely N-dealkylation sites (N-methyl/N-ethyl adjacent to an activating group) is 1. The lowest BCUT2D eigenvalue weighted by Crippen LogP contribution is -2.40. The number of rotatable bonds is 7. The maximum Gasteiger partial charge on any atom is 0.333 e. The standard InChI is InChI=1S/C20H22BrFN2O4S/c1-4-23(5-2)17(25)12-24-18(11-19(26)28-6-3)29-16(20(24)27)9-13-7-8-14(21)10-15(13)22/h7-11H,4-6,12H2,1-3H3. The molecule has 2 rings (SSSR count). The fourth-order valence-corrected chi connectivity index (χ4v) is 4.00. The molecule has 0 saturated carbocycles. The first-order valence-electron chi connectivity index (χ1n) is 9.13. The molecule has 1 amide bonds. The molecule has 9 heteroatoms. The second-order valence-electron chi connectivity index (χ2n) is 5.97. The third kappa shape index (κ3) is 5.86. The summed E-state index contributed by atoms with van der Waals surface area (Å²) in [4.78, 5) is 38.9. The average Bonchev–Trinajstić information content (AvgIpc) is 2.94. The van der Waals surface area contributed by atoms with Crippen molar-refractivity contribution in [3.05, 3.63) is 53.6 Å². The summed E-state index contributed by atoms with van der Waals surface area (Å²) in [5.41, 5.74) is -0.232. The number of carbonyl (C=O) groups is 2. The Bertz CT molecular complexity index is 1070. The van der Waals surface area contributed by atoms with E-state index in [1.807, 2.05) is 13.8 Å². The Hall–Kier alpha value is -2.26. The van der Waals surface area contributed by atoms with Crippen LogP contribution in [0.1, 0.15) is 26.3 Å². The van der Waals surface area contributed by atoms with Crippen molar-refractivity contribution in [2.24, 2.45) is 0 Å². The monoisotopic (exact) mass is 484 g/mol. The number of amides is 1. The third-order valence-corrected chi connectivity index (χ3v) is 5.68. The van der Waals surface area contributed by atoms with Gasteiger partial charge in [0.05, 0.1) is 17.2 Å². The molecule has 0 radical (unpaired) electrons. The third-order valence-electron chi connectivity index (χ3n) is 4.12. The smallest absolute Gasteiger partial charge is 0.333 e. The molecule has 6 nitrogen and oxygen atoms in total. The molecule has 0 aliphatic heterocycles. The molecule has 0 spiro atoms. The largest absolute Gasteiger partial charge is 0.463 e. The van der Waals surface area contributed by atoms with Crippen molar-refractivity contribution in [3.8, 4) is 0 Å². The number of hydrogen-bond donors (Lipinski definition) is 0. The summed E-state index contributed by atoms with van der Waals surface area (Å²) in [5, 5.41) is 0. The summed E-state index contributed by atoms with van der Waals surface area (Å²) in [6.45, 7) is 6.36. The van der Waals surface area contributed by atoms with Gasteiger partial charge in [0.25, 0.3) is 5.56 Å². The van der Waals surface area contributed by atoms with E-state index in [0.717, 1.165) is 11.3 Å². The number of esters is 1. The highest BCUT2D eigenvalue weighted by atomic mass is 79.9. The summed E-state index contributed by atoms with van der Waals surface area (Å²) >= 11 is 4.20. The van der Waals surface area contributed by atoms with Gasteiger partial charge in [0.15, 0.2) is 0 Å². The van der Waals surface area contributed by atoms with Crippen LogP contribution in [0.2, 0.25) is 0 Å². The molecular weight excluding hydrogens is 463 g/mol. The first kappa shape index (κ1) is 23.0. The molecule has 0 atom stereocenters. The molecule has 0 unspecified atom stereocenters. The van der Waals surface area contributed by atoms with E-state index in [4.69, 9.17) is 4.74 Å². The highest BCUT2D eigenvalue weighted by Gasteiger charge is 2.15. The predicted molar refractivity (Wildman–Crippen MR) is 115 cm³/mol. The summed E-state index contributed by atoms with van der Waals surface area (Å²) in [7, 11) is 0. The van der Waals surface area contributed by atoms with Gasteiger partial charge in [-0.3, -0.25) is 14.2 Å². The second-order valence-corrected chi connectivity index (χ2v) is 7.95.